The minimum Gasteiger partial charge on any atom is -0.327 e. The predicted octanol–water partition coefficient (Wildman–Crippen LogP) is 3.53. The van der Waals surface area contributed by atoms with E-state index in [1.165, 1.54) is 22.3 Å². The molecule has 0 aliphatic carbocycles. The smallest absolute Gasteiger partial charge is 0.00823 e. The predicted molar refractivity (Wildman–Crippen MR) is 71.6 cm³/mol. The van der Waals surface area contributed by atoms with Crippen molar-refractivity contribution in [1.29, 1.82) is 0 Å². The van der Waals surface area contributed by atoms with Crippen LogP contribution in [0.4, 0.5) is 0 Å². The molecule has 0 bridgehead atoms. The molecule has 0 aliphatic heterocycles. The molecule has 1 heteroatoms. The molecule has 1 unspecified atom stereocenters. The highest BCUT2D eigenvalue weighted by molar-refractivity contribution is 5.30. The third-order valence-electron chi connectivity index (χ3n) is 3.01. The Morgan fingerprint density at radius 3 is 2.56 bits per heavy atom. The second-order valence-corrected chi connectivity index (χ2v) is 4.88. The van der Waals surface area contributed by atoms with Crippen molar-refractivity contribution in [2.45, 2.75) is 46.1 Å². The molecule has 0 saturated carbocycles. The molecule has 0 heterocycles. The Kier molecular flexibility index (Phi) is 4.75. The topological polar surface area (TPSA) is 26.0 Å². The van der Waals surface area contributed by atoms with Crippen molar-refractivity contribution in [1.82, 2.24) is 0 Å². The summed E-state index contributed by atoms with van der Waals surface area (Å²) in [6.45, 7) is 10.3. The van der Waals surface area contributed by atoms with Crippen molar-refractivity contribution in [2.75, 3.05) is 0 Å². The standard InChI is InChI=1S/C15H23N/c1-11(2)5-8-15(16)10-14-7-6-12(3)13(4)9-14/h6-7,9,15H,1,5,8,10,16H2,2-4H3. The van der Waals surface area contributed by atoms with E-state index >= 15 is 0 Å². The van der Waals surface area contributed by atoms with Gasteiger partial charge in [-0.1, -0.05) is 23.8 Å². The first-order valence-corrected chi connectivity index (χ1v) is 5.95. The van der Waals surface area contributed by atoms with E-state index in [1.807, 2.05) is 0 Å². The van der Waals surface area contributed by atoms with Crippen molar-refractivity contribution >= 4 is 0 Å². The van der Waals surface area contributed by atoms with Gasteiger partial charge in [-0.25, -0.2) is 0 Å². The van der Waals surface area contributed by atoms with Gasteiger partial charge in [0.1, 0.15) is 0 Å². The van der Waals surface area contributed by atoms with Crippen LogP contribution in [0.2, 0.25) is 0 Å². The van der Waals surface area contributed by atoms with Gasteiger partial charge >= 0.3 is 0 Å². The summed E-state index contributed by atoms with van der Waals surface area (Å²) in [4.78, 5) is 0. The van der Waals surface area contributed by atoms with E-state index in [0.29, 0.717) is 0 Å². The molecule has 1 atom stereocenters. The van der Waals surface area contributed by atoms with E-state index in [9.17, 15) is 0 Å². The normalized spacial score (nSPS) is 12.5. The summed E-state index contributed by atoms with van der Waals surface area (Å²) in [5.41, 5.74) is 11.4. The molecule has 1 aromatic carbocycles. The molecular weight excluding hydrogens is 194 g/mol. The fourth-order valence-corrected chi connectivity index (χ4v) is 1.77. The number of rotatable bonds is 5. The molecule has 0 radical (unpaired) electrons. The van der Waals surface area contributed by atoms with Gasteiger partial charge in [0.05, 0.1) is 0 Å². The summed E-state index contributed by atoms with van der Waals surface area (Å²) in [5.74, 6) is 0. The van der Waals surface area contributed by atoms with E-state index in [2.05, 4.69) is 45.5 Å². The summed E-state index contributed by atoms with van der Waals surface area (Å²) in [7, 11) is 0. The van der Waals surface area contributed by atoms with Crippen molar-refractivity contribution in [3.8, 4) is 0 Å². The van der Waals surface area contributed by atoms with Gasteiger partial charge in [-0.2, -0.15) is 0 Å². The monoisotopic (exact) mass is 217 g/mol. The first-order valence-electron chi connectivity index (χ1n) is 5.95. The fraction of sp³-hybridized carbons (Fsp3) is 0.467. The highest BCUT2D eigenvalue weighted by Gasteiger charge is 2.05. The Labute approximate surface area is 99.4 Å². The summed E-state index contributed by atoms with van der Waals surface area (Å²) >= 11 is 0. The van der Waals surface area contributed by atoms with E-state index in [4.69, 9.17) is 5.73 Å². The molecule has 2 N–H and O–H groups in total. The average Bonchev–Trinajstić information content (AvgIpc) is 2.21. The lowest BCUT2D eigenvalue weighted by atomic mass is 9.98. The maximum Gasteiger partial charge on any atom is 0.00823 e. The number of nitrogens with two attached hydrogens (primary N) is 1. The molecule has 0 spiro atoms. The minimum atomic E-state index is 0.249. The van der Waals surface area contributed by atoms with Crippen LogP contribution in [0.1, 0.15) is 36.5 Å². The van der Waals surface area contributed by atoms with Crippen LogP contribution in [-0.2, 0) is 6.42 Å². The molecule has 0 aliphatic rings. The van der Waals surface area contributed by atoms with Crippen LogP contribution in [0.3, 0.4) is 0 Å². The zero-order valence-electron chi connectivity index (χ0n) is 10.7. The van der Waals surface area contributed by atoms with Crippen LogP contribution < -0.4 is 5.73 Å². The zero-order valence-corrected chi connectivity index (χ0v) is 10.7. The lowest BCUT2D eigenvalue weighted by molar-refractivity contribution is 0.608. The lowest BCUT2D eigenvalue weighted by Crippen LogP contribution is -2.22. The van der Waals surface area contributed by atoms with E-state index in [1.54, 1.807) is 0 Å². The third-order valence-corrected chi connectivity index (χ3v) is 3.01. The summed E-state index contributed by atoms with van der Waals surface area (Å²) in [6.07, 6.45) is 3.03. The molecule has 1 rings (SSSR count). The molecular formula is C15H23N. The second-order valence-electron chi connectivity index (χ2n) is 4.88. The van der Waals surface area contributed by atoms with Crippen molar-refractivity contribution in [3.63, 3.8) is 0 Å². The van der Waals surface area contributed by atoms with Crippen LogP contribution in [0, 0.1) is 13.8 Å². The number of benzene rings is 1. The van der Waals surface area contributed by atoms with Crippen molar-refractivity contribution in [2.24, 2.45) is 5.73 Å². The maximum absolute atomic E-state index is 6.10. The number of allylic oxidation sites excluding steroid dienone is 1. The largest absolute Gasteiger partial charge is 0.327 e. The van der Waals surface area contributed by atoms with E-state index in [0.717, 1.165) is 19.3 Å². The third kappa shape index (κ3) is 4.19. The highest BCUT2D eigenvalue weighted by Crippen LogP contribution is 2.13. The van der Waals surface area contributed by atoms with Crippen LogP contribution >= 0.6 is 0 Å². The molecule has 0 fully saturated rings. The van der Waals surface area contributed by atoms with Gasteiger partial charge in [-0.05, 0) is 56.7 Å². The molecule has 0 saturated heterocycles. The van der Waals surface area contributed by atoms with Gasteiger partial charge in [0.2, 0.25) is 0 Å². The summed E-state index contributed by atoms with van der Waals surface area (Å²) in [5, 5.41) is 0. The molecule has 1 aromatic rings. The molecule has 0 aromatic heterocycles. The number of hydrogen-bond donors (Lipinski definition) is 1. The van der Waals surface area contributed by atoms with Crippen LogP contribution in [0.15, 0.2) is 30.4 Å². The van der Waals surface area contributed by atoms with E-state index in [-0.39, 0.29) is 6.04 Å². The van der Waals surface area contributed by atoms with Crippen molar-refractivity contribution in [3.05, 3.63) is 47.0 Å². The van der Waals surface area contributed by atoms with Gasteiger partial charge in [-0.15, -0.1) is 6.58 Å². The molecule has 88 valence electrons. The Morgan fingerprint density at radius 2 is 2.00 bits per heavy atom. The minimum absolute atomic E-state index is 0.249. The van der Waals surface area contributed by atoms with Gasteiger partial charge in [0.15, 0.2) is 0 Å². The van der Waals surface area contributed by atoms with Gasteiger partial charge in [0, 0.05) is 6.04 Å². The molecule has 0 amide bonds. The fourth-order valence-electron chi connectivity index (χ4n) is 1.77. The quantitative estimate of drug-likeness (QED) is 0.750. The Morgan fingerprint density at radius 1 is 1.31 bits per heavy atom. The van der Waals surface area contributed by atoms with Gasteiger partial charge in [0.25, 0.3) is 0 Å². The Bertz CT molecular complexity index is 366. The number of hydrogen-bond acceptors (Lipinski definition) is 1. The first-order chi connectivity index (χ1) is 7.49. The lowest BCUT2D eigenvalue weighted by Gasteiger charge is -2.12. The molecule has 1 nitrogen and oxygen atoms in total. The van der Waals surface area contributed by atoms with Crippen LogP contribution in [0.25, 0.3) is 0 Å². The van der Waals surface area contributed by atoms with Gasteiger partial charge < -0.3 is 5.73 Å². The van der Waals surface area contributed by atoms with E-state index < -0.39 is 0 Å². The second kappa shape index (κ2) is 5.86. The maximum atomic E-state index is 6.10. The Balaban J connectivity index is 2.52. The van der Waals surface area contributed by atoms with Crippen LogP contribution in [-0.4, -0.2) is 6.04 Å². The average molecular weight is 217 g/mol. The highest BCUT2D eigenvalue weighted by atomic mass is 14.6. The SMILES string of the molecule is C=C(C)CCC(N)Cc1ccc(C)c(C)c1. The summed E-state index contributed by atoms with van der Waals surface area (Å²) in [6, 6.07) is 6.86. The van der Waals surface area contributed by atoms with Crippen LogP contribution in [0.5, 0.6) is 0 Å². The van der Waals surface area contributed by atoms with Crippen molar-refractivity contribution < 1.29 is 0 Å². The Hall–Kier alpha value is -1.08. The van der Waals surface area contributed by atoms with Gasteiger partial charge in [-0.3, -0.25) is 0 Å². The molecule has 16 heavy (non-hydrogen) atoms. The number of aryl methyl sites for hydroxylation is 2. The summed E-state index contributed by atoms with van der Waals surface area (Å²) < 4.78 is 0. The zero-order chi connectivity index (χ0) is 12.1. The first kappa shape index (κ1) is 13.0.